The van der Waals surface area contributed by atoms with Crippen molar-refractivity contribution in [2.24, 2.45) is 10.9 Å². The van der Waals surface area contributed by atoms with E-state index in [0.717, 1.165) is 31.2 Å². The Bertz CT molecular complexity index is 1740. The molecule has 1 aliphatic rings. The Morgan fingerprint density at radius 3 is 2.63 bits per heavy atom. The quantitative estimate of drug-likeness (QED) is 0.0425. The van der Waals surface area contributed by atoms with Gasteiger partial charge in [0.25, 0.3) is 17.4 Å². The number of aliphatic carboxylic acids is 1. The SMILES string of the molecule is CC1(C)[C@H](NC(=O)/C(=N\O[C@@](C)(COc2ccc(-n3cc[n+](CCCN)c3)nc2)C(=O)O)c2csc(N)n2)C(=O)N1OS(=O)(=O)O. The van der Waals surface area contributed by atoms with Crippen LogP contribution in [0.1, 0.15) is 32.9 Å². The summed E-state index contributed by atoms with van der Waals surface area (Å²) < 4.78 is 44.8. The van der Waals surface area contributed by atoms with Gasteiger partial charge in [0.2, 0.25) is 12.1 Å². The number of hydroxylamine groups is 2. The van der Waals surface area contributed by atoms with Crippen LogP contribution in [0.15, 0.2) is 47.6 Å². The molecule has 0 radical (unpaired) electrons. The lowest BCUT2D eigenvalue weighted by atomic mass is 9.84. The van der Waals surface area contributed by atoms with Crippen LogP contribution in [-0.2, 0) is 40.4 Å². The van der Waals surface area contributed by atoms with Gasteiger partial charge in [0.05, 0.1) is 18.3 Å². The maximum Gasteiger partial charge on any atom is 0.418 e. The number of nitrogen functional groups attached to an aromatic ring is 1. The first-order chi connectivity index (χ1) is 21.5. The number of nitrogens with zero attached hydrogens (tertiary/aromatic N) is 6. The summed E-state index contributed by atoms with van der Waals surface area (Å²) in [4.78, 5) is 51.7. The number of imidazole rings is 1. The van der Waals surface area contributed by atoms with Crippen LogP contribution in [-0.4, -0.2) is 91.5 Å². The number of thiazole rings is 1. The van der Waals surface area contributed by atoms with Crippen molar-refractivity contribution in [2.75, 3.05) is 18.9 Å². The number of aromatic nitrogens is 4. The number of oxime groups is 1. The van der Waals surface area contributed by atoms with E-state index in [2.05, 4.69) is 24.7 Å². The lowest BCUT2D eigenvalue weighted by molar-refractivity contribution is -0.696. The summed E-state index contributed by atoms with van der Waals surface area (Å²) in [6.45, 7) is 4.63. The molecule has 0 bridgehead atoms. The first-order valence-corrected chi connectivity index (χ1v) is 15.7. The average Bonchev–Trinajstić information content (AvgIpc) is 3.65. The minimum atomic E-state index is -5.02. The van der Waals surface area contributed by atoms with Gasteiger partial charge in [-0.15, -0.1) is 15.6 Å². The third kappa shape index (κ3) is 7.74. The summed E-state index contributed by atoms with van der Waals surface area (Å²) in [5.74, 6) is -2.72. The standard InChI is InChI=1S/C25H31N9O10S2/c1-24(2)19(21(36)34(24)44-46(39,40)41)30-20(35)18(16-12-45-23(27)29-16)31-43-25(3,22(37)38)13-42-15-5-6-17(28-11-15)33-10-9-32(14-33)8-4-7-26/h5-6,9-12,14,19H,4,7-8,13,26H2,1-3H3,(H4-,27,29,30,35,37,38,39,40,41)/p+1/b31-18-/t19-,25+/m1/s1. The van der Waals surface area contributed by atoms with E-state index in [4.69, 9.17) is 25.6 Å². The van der Waals surface area contributed by atoms with Gasteiger partial charge in [-0.05, 0) is 39.8 Å². The van der Waals surface area contributed by atoms with Crippen LogP contribution in [0.5, 0.6) is 5.75 Å². The number of hydrogen-bond acceptors (Lipinski definition) is 14. The van der Waals surface area contributed by atoms with Gasteiger partial charge in [0.15, 0.2) is 10.8 Å². The zero-order chi connectivity index (χ0) is 33.9. The van der Waals surface area contributed by atoms with E-state index in [0.29, 0.717) is 17.4 Å². The van der Waals surface area contributed by atoms with Crippen molar-refractivity contribution in [1.29, 1.82) is 0 Å². The highest BCUT2D eigenvalue weighted by Gasteiger charge is 2.58. The summed E-state index contributed by atoms with van der Waals surface area (Å²) in [5.41, 5.74) is 7.05. The molecule has 19 nitrogen and oxygen atoms in total. The second-order valence-electron chi connectivity index (χ2n) is 10.7. The van der Waals surface area contributed by atoms with Crippen LogP contribution in [0.25, 0.3) is 5.82 Å². The van der Waals surface area contributed by atoms with Gasteiger partial charge in [-0.1, -0.05) is 5.16 Å². The van der Waals surface area contributed by atoms with Crippen LogP contribution >= 0.6 is 11.3 Å². The molecule has 1 saturated heterocycles. The zero-order valence-electron chi connectivity index (χ0n) is 24.8. The number of carbonyl (C=O) groups is 3. The number of aryl methyl sites for hydroxylation is 1. The number of pyridine rings is 1. The Labute approximate surface area is 266 Å². The molecule has 1 aliphatic heterocycles. The Morgan fingerprint density at radius 2 is 2.07 bits per heavy atom. The molecule has 0 spiro atoms. The van der Waals surface area contributed by atoms with E-state index in [1.165, 1.54) is 25.4 Å². The highest BCUT2D eigenvalue weighted by molar-refractivity contribution is 7.80. The number of nitrogens with two attached hydrogens (primary N) is 2. The molecular weight excluding hydrogens is 650 g/mol. The highest BCUT2D eigenvalue weighted by atomic mass is 32.3. The number of carboxylic acids is 1. The largest absolute Gasteiger partial charge is 0.487 e. The number of ether oxygens (including phenoxy) is 1. The molecule has 248 valence electrons. The molecule has 3 aromatic heterocycles. The van der Waals surface area contributed by atoms with E-state index < -0.39 is 57.7 Å². The van der Waals surface area contributed by atoms with Gasteiger partial charge in [-0.3, -0.25) is 14.1 Å². The fraction of sp³-hybridized carbons (Fsp3) is 0.400. The topological polar surface area (TPSA) is 268 Å². The summed E-state index contributed by atoms with van der Waals surface area (Å²) in [7, 11) is -5.02. The summed E-state index contributed by atoms with van der Waals surface area (Å²) >= 11 is 0.952. The fourth-order valence-corrected chi connectivity index (χ4v) is 5.06. The number of carboxylic acid groups (broad SMARTS) is 1. The molecule has 0 aromatic carbocycles. The predicted molar refractivity (Wildman–Crippen MR) is 159 cm³/mol. The summed E-state index contributed by atoms with van der Waals surface area (Å²) in [6, 6.07) is 1.91. The van der Waals surface area contributed by atoms with Crippen molar-refractivity contribution in [3.05, 3.63) is 48.1 Å². The molecule has 7 N–H and O–H groups in total. The molecule has 2 atom stereocenters. The van der Waals surface area contributed by atoms with Crippen molar-refractivity contribution < 1.29 is 50.9 Å². The second-order valence-corrected chi connectivity index (χ2v) is 12.6. The molecule has 4 heterocycles. The summed E-state index contributed by atoms with van der Waals surface area (Å²) in [6.07, 6.45) is 7.76. The minimum Gasteiger partial charge on any atom is -0.487 e. The van der Waals surface area contributed by atoms with Gasteiger partial charge in [-0.2, -0.15) is 18.0 Å². The number of hydrogen-bond donors (Lipinski definition) is 5. The molecule has 4 rings (SSSR count). The van der Waals surface area contributed by atoms with Crippen LogP contribution in [0, 0.1) is 0 Å². The number of amides is 2. The van der Waals surface area contributed by atoms with Crippen molar-refractivity contribution in [3.63, 3.8) is 0 Å². The van der Waals surface area contributed by atoms with E-state index in [1.807, 2.05) is 23.3 Å². The normalized spacial score (nSPS) is 17.6. The molecule has 0 saturated carbocycles. The number of anilines is 1. The molecule has 46 heavy (non-hydrogen) atoms. The highest BCUT2D eigenvalue weighted by Crippen LogP contribution is 2.33. The molecule has 21 heteroatoms. The maximum absolute atomic E-state index is 13.3. The molecular formula is C25H32N9O10S2+. The lowest BCUT2D eigenvalue weighted by Crippen LogP contribution is -2.76. The predicted octanol–water partition coefficient (Wildman–Crippen LogP) is -0.970. The number of rotatable bonds is 15. The van der Waals surface area contributed by atoms with E-state index in [-0.39, 0.29) is 16.6 Å². The van der Waals surface area contributed by atoms with Crippen LogP contribution in [0.2, 0.25) is 0 Å². The Hall–Kier alpha value is -4.70. The van der Waals surface area contributed by atoms with Crippen LogP contribution in [0.3, 0.4) is 0 Å². The molecule has 0 unspecified atom stereocenters. The van der Waals surface area contributed by atoms with Gasteiger partial charge >= 0.3 is 16.4 Å². The smallest absolute Gasteiger partial charge is 0.418 e. The van der Waals surface area contributed by atoms with Crippen molar-refractivity contribution in [3.8, 4) is 11.6 Å². The molecule has 2 amide bonds. The first-order valence-electron chi connectivity index (χ1n) is 13.4. The fourth-order valence-electron chi connectivity index (χ4n) is 4.06. The summed E-state index contributed by atoms with van der Waals surface area (Å²) in [5, 5.41) is 17.8. The van der Waals surface area contributed by atoms with Gasteiger partial charge in [0, 0.05) is 11.4 Å². The lowest BCUT2D eigenvalue weighted by Gasteiger charge is -2.50. The van der Waals surface area contributed by atoms with Gasteiger partial charge in [-0.25, -0.2) is 19.3 Å². The minimum absolute atomic E-state index is 0.0499. The average molecular weight is 683 g/mol. The molecule has 3 aromatic rings. The Kier molecular flexibility index (Phi) is 9.91. The number of carbonyl (C=O) groups excluding carboxylic acids is 2. The Balaban J connectivity index is 1.48. The number of nitrogens with one attached hydrogen (secondary N) is 1. The van der Waals surface area contributed by atoms with E-state index >= 15 is 0 Å². The zero-order valence-corrected chi connectivity index (χ0v) is 26.4. The maximum atomic E-state index is 13.3. The Morgan fingerprint density at radius 1 is 1.33 bits per heavy atom. The van der Waals surface area contributed by atoms with Crippen molar-refractivity contribution in [2.45, 2.75) is 50.9 Å². The first kappa shape index (κ1) is 34.2. The van der Waals surface area contributed by atoms with Crippen molar-refractivity contribution >= 4 is 50.4 Å². The van der Waals surface area contributed by atoms with Crippen molar-refractivity contribution in [1.82, 2.24) is 24.9 Å². The van der Waals surface area contributed by atoms with Crippen LogP contribution < -0.4 is 26.1 Å². The van der Waals surface area contributed by atoms with E-state index in [9.17, 15) is 27.9 Å². The monoisotopic (exact) mass is 682 g/mol. The van der Waals surface area contributed by atoms with Gasteiger partial charge < -0.3 is 31.5 Å². The van der Waals surface area contributed by atoms with Crippen LogP contribution in [0.4, 0.5) is 5.13 Å². The molecule has 0 aliphatic carbocycles. The second kappa shape index (κ2) is 13.3. The number of β-lactam (4-membered cyclic amide) rings is 1. The van der Waals surface area contributed by atoms with Gasteiger partial charge in [0.1, 0.15) is 36.5 Å². The third-order valence-electron chi connectivity index (χ3n) is 6.70. The molecule has 1 fully saturated rings. The van der Waals surface area contributed by atoms with E-state index in [1.54, 1.807) is 16.7 Å². The third-order valence-corrected chi connectivity index (χ3v) is 7.71.